The van der Waals surface area contributed by atoms with E-state index in [4.69, 9.17) is 0 Å². The summed E-state index contributed by atoms with van der Waals surface area (Å²) in [4.78, 5) is 2.25. The van der Waals surface area contributed by atoms with Gasteiger partial charge in [-0.15, -0.1) is 0 Å². The first kappa shape index (κ1) is 17.9. The maximum atomic E-state index is 11.5. The number of aliphatic hydroxyl groups excluding tert-OH is 1. The third-order valence-electron chi connectivity index (χ3n) is 4.44. The van der Waals surface area contributed by atoms with Crippen LogP contribution in [0.25, 0.3) is 0 Å². The fourth-order valence-corrected chi connectivity index (χ4v) is 4.62. The lowest BCUT2D eigenvalue weighted by molar-refractivity contribution is 0.136. The van der Waals surface area contributed by atoms with E-state index in [9.17, 15) is 13.5 Å². The molecule has 0 aliphatic carbocycles. The second kappa shape index (κ2) is 7.73. The average molecular weight is 306 g/mol. The van der Waals surface area contributed by atoms with Crippen molar-refractivity contribution in [1.82, 2.24) is 10.2 Å². The summed E-state index contributed by atoms with van der Waals surface area (Å²) >= 11 is 0. The van der Waals surface area contributed by atoms with Gasteiger partial charge in [-0.1, -0.05) is 13.8 Å². The standard InChI is InChI=1S/C14H30N2O3S/c1-4-14(12-17,15-5-2)7-6-8-16-9-10-20(18,19)11-13(16)3/h13,15,17H,4-12H2,1-3H3. The van der Waals surface area contributed by atoms with Crippen LogP contribution in [0.15, 0.2) is 0 Å². The van der Waals surface area contributed by atoms with E-state index in [0.717, 1.165) is 32.4 Å². The molecule has 120 valence electrons. The minimum atomic E-state index is -2.83. The molecule has 0 aromatic carbocycles. The maximum Gasteiger partial charge on any atom is 0.153 e. The molecular formula is C14H30N2O3S. The van der Waals surface area contributed by atoms with Crippen LogP contribution in [0.2, 0.25) is 0 Å². The van der Waals surface area contributed by atoms with Gasteiger partial charge in [0.15, 0.2) is 9.84 Å². The van der Waals surface area contributed by atoms with Gasteiger partial charge in [0.25, 0.3) is 0 Å². The van der Waals surface area contributed by atoms with E-state index >= 15 is 0 Å². The van der Waals surface area contributed by atoms with Gasteiger partial charge in [0.05, 0.1) is 18.1 Å². The SMILES string of the molecule is CCNC(CC)(CO)CCCN1CCS(=O)(=O)CC1C. The molecule has 1 aliphatic heterocycles. The van der Waals surface area contributed by atoms with E-state index in [1.54, 1.807) is 0 Å². The number of hydrogen-bond acceptors (Lipinski definition) is 5. The Morgan fingerprint density at radius 1 is 1.40 bits per heavy atom. The van der Waals surface area contributed by atoms with Crippen LogP contribution in [-0.2, 0) is 9.84 Å². The summed E-state index contributed by atoms with van der Waals surface area (Å²) in [5, 5.41) is 13.0. The fourth-order valence-electron chi connectivity index (χ4n) is 3.00. The Balaban J connectivity index is 2.43. The minimum Gasteiger partial charge on any atom is -0.394 e. The highest BCUT2D eigenvalue weighted by Crippen LogP contribution is 2.19. The van der Waals surface area contributed by atoms with Crippen molar-refractivity contribution in [2.24, 2.45) is 0 Å². The molecule has 5 nitrogen and oxygen atoms in total. The van der Waals surface area contributed by atoms with Crippen molar-refractivity contribution in [3.63, 3.8) is 0 Å². The molecule has 0 aromatic rings. The molecule has 1 saturated heterocycles. The largest absolute Gasteiger partial charge is 0.394 e. The number of hydrogen-bond donors (Lipinski definition) is 2. The molecule has 2 N–H and O–H groups in total. The van der Waals surface area contributed by atoms with Crippen LogP contribution in [0.1, 0.15) is 40.0 Å². The normalized spacial score (nSPS) is 26.3. The highest BCUT2D eigenvalue weighted by atomic mass is 32.2. The number of likely N-dealkylation sites (N-methyl/N-ethyl adjacent to an activating group) is 1. The first-order valence-corrected chi connectivity index (χ1v) is 9.50. The number of rotatable bonds is 8. The molecular weight excluding hydrogens is 276 g/mol. The Bertz CT molecular complexity index is 380. The molecule has 1 heterocycles. The maximum absolute atomic E-state index is 11.5. The molecule has 20 heavy (non-hydrogen) atoms. The Morgan fingerprint density at radius 3 is 2.60 bits per heavy atom. The summed E-state index contributed by atoms with van der Waals surface area (Å²) in [7, 11) is -2.83. The van der Waals surface area contributed by atoms with Crippen molar-refractivity contribution >= 4 is 9.84 Å². The van der Waals surface area contributed by atoms with Crippen molar-refractivity contribution in [3.8, 4) is 0 Å². The number of aliphatic hydroxyl groups is 1. The summed E-state index contributed by atoms with van der Waals surface area (Å²) in [6.45, 7) is 8.69. The molecule has 0 saturated carbocycles. The van der Waals surface area contributed by atoms with Crippen LogP contribution in [0.5, 0.6) is 0 Å². The summed E-state index contributed by atoms with van der Waals surface area (Å²) in [5.74, 6) is 0.558. The second-order valence-electron chi connectivity index (χ2n) is 5.93. The molecule has 1 fully saturated rings. The molecule has 1 rings (SSSR count). The Hall–Kier alpha value is -0.170. The second-order valence-corrected chi connectivity index (χ2v) is 8.15. The lowest BCUT2D eigenvalue weighted by Crippen LogP contribution is -2.50. The van der Waals surface area contributed by atoms with Gasteiger partial charge in [0, 0.05) is 18.1 Å². The quantitative estimate of drug-likeness (QED) is 0.688. The predicted octanol–water partition coefficient (Wildman–Crippen LogP) is 0.636. The van der Waals surface area contributed by atoms with E-state index < -0.39 is 9.84 Å². The van der Waals surface area contributed by atoms with Gasteiger partial charge in [0.2, 0.25) is 0 Å². The van der Waals surface area contributed by atoms with Crippen LogP contribution in [-0.4, -0.2) is 67.8 Å². The third-order valence-corrected chi connectivity index (χ3v) is 6.23. The minimum absolute atomic E-state index is 0.109. The highest BCUT2D eigenvalue weighted by Gasteiger charge is 2.29. The van der Waals surface area contributed by atoms with Crippen molar-refractivity contribution in [2.45, 2.75) is 51.6 Å². The van der Waals surface area contributed by atoms with Gasteiger partial charge in [-0.25, -0.2) is 8.42 Å². The molecule has 0 bridgehead atoms. The summed E-state index contributed by atoms with van der Waals surface area (Å²) in [5.41, 5.74) is -0.181. The molecule has 2 unspecified atom stereocenters. The topological polar surface area (TPSA) is 69.6 Å². The Morgan fingerprint density at radius 2 is 2.10 bits per heavy atom. The Kier molecular flexibility index (Phi) is 6.91. The van der Waals surface area contributed by atoms with Crippen LogP contribution in [0.3, 0.4) is 0 Å². The first-order valence-electron chi connectivity index (χ1n) is 7.68. The zero-order chi connectivity index (χ0) is 15.2. The van der Waals surface area contributed by atoms with Crippen LogP contribution < -0.4 is 5.32 Å². The summed E-state index contributed by atoms with van der Waals surface area (Å²) in [6, 6.07) is 0.109. The van der Waals surface area contributed by atoms with Crippen molar-refractivity contribution in [1.29, 1.82) is 0 Å². The lowest BCUT2D eigenvalue weighted by atomic mass is 9.91. The zero-order valence-corrected chi connectivity index (χ0v) is 13.9. The number of sulfone groups is 1. The van der Waals surface area contributed by atoms with Crippen molar-refractivity contribution in [3.05, 3.63) is 0 Å². The van der Waals surface area contributed by atoms with Crippen LogP contribution >= 0.6 is 0 Å². The molecule has 0 radical (unpaired) electrons. The van der Waals surface area contributed by atoms with E-state index in [0.29, 0.717) is 6.54 Å². The molecule has 6 heteroatoms. The molecule has 1 aliphatic rings. The van der Waals surface area contributed by atoms with Gasteiger partial charge in [0.1, 0.15) is 0 Å². The highest BCUT2D eigenvalue weighted by molar-refractivity contribution is 7.91. The molecule has 0 spiro atoms. The van der Waals surface area contributed by atoms with Gasteiger partial charge < -0.3 is 10.4 Å². The average Bonchev–Trinajstić information content (AvgIpc) is 2.39. The third kappa shape index (κ3) is 4.98. The van der Waals surface area contributed by atoms with E-state index in [1.165, 1.54) is 0 Å². The van der Waals surface area contributed by atoms with Crippen molar-refractivity contribution < 1.29 is 13.5 Å². The molecule has 0 aromatic heterocycles. The smallest absolute Gasteiger partial charge is 0.153 e. The number of nitrogens with zero attached hydrogens (tertiary/aromatic N) is 1. The lowest BCUT2D eigenvalue weighted by Gasteiger charge is -2.36. The zero-order valence-electron chi connectivity index (χ0n) is 13.1. The van der Waals surface area contributed by atoms with Gasteiger partial charge in [-0.2, -0.15) is 0 Å². The van der Waals surface area contributed by atoms with Gasteiger partial charge >= 0.3 is 0 Å². The molecule has 0 amide bonds. The van der Waals surface area contributed by atoms with E-state index in [-0.39, 0.29) is 29.7 Å². The monoisotopic (exact) mass is 306 g/mol. The summed E-state index contributed by atoms with van der Waals surface area (Å²) < 4.78 is 23.1. The van der Waals surface area contributed by atoms with Gasteiger partial charge in [-0.05, 0) is 39.3 Å². The predicted molar refractivity (Wildman–Crippen MR) is 82.7 cm³/mol. The van der Waals surface area contributed by atoms with Crippen LogP contribution in [0.4, 0.5) is 0 Å². The van der Waals surface area contributed by atoms with Crippen LogP contribution in [0, 0.1) is 0 Å². The molecule has 2 atom stereocenters. The first-order chi connectivity index (χ1) is 9.38. The van der Waals surface area contributed by atoms with Gasteiger partial charge in [-0.3, -0.25) is 4.90 Å². The van der Waals surface area contributed by atoms with E-state index in [2.05, 4.69) is 24.1 Å². The fraction of sp³-hybridized carbons (Fsp3) is 1.00. The van der Waals surface area contributed by atoms with Crippen molar-refractivity contribution in [2.75, 3.05) is 37.7 Å². The number of nitrogens with one attached hydrogen (secondary N) is 1. The summed E-state index contributed by atoms with van der Waals surface area (Å²) in [6.07, 6.45) is 2.80. The Labute approximate surface area is 123 Å². The van der Waals surface area contributed by atoms with E-state index in [1.807, 2.05) is 6.92 Å².